The largest absolute Gasteiger partial charge is 0.311 e. The summed E-state index contributed by atoms with van der Waals surface area (Å²) in [6, 6.07) is 181. The maximum Gasteiger partial charge on any atom is 0.0780 e. The first-order chi connectivity index (χ1) is 71.7. The van der Waals surface area contributed by atoms with Crippen LogP contribution in [0, 0.1) is 0 Å². The Hall–Kier alpha value is -19.0. The zero-order chi connectivity index (χ0) is 95.9. The minimum absolute atomic E-state index is 0.163. The fraction of sp³-hybridized carbons (Fsp3) is 0.0217. The lowest BCUT2D eigenvalue weighted by atomic mass is 9.81. The van der Waals surface area contributed by atoms with Crippen molar-refractivity contribution in [3.8, 4) is 61.3 Å². The number of aromatic nitrogens is 4. The maximum absolute atomic E-state index is 4.81. The van der Waals surface area contributed by atoms with Gasteiger partial charge in [-0.3, -0.25) is 15.0 Å². The normalized spacial score (nSPS) is 12.3. The molecule has 1 aliphatic carbocycles. The molecule has 1 aliphatic rings. The molecule has 30 rings (SSSR count). The van der Waals surface area contributed by atoms with Crippen molar-refractivity contribution in [3.63, 3.8) is 0 Å². The zero-order valence-electron chi connectivity index (χ0n) is 79.7. The van der Waals surface area contributed by atoms with Crippen LogP contribution in [0.3, 0.4) is 0 Å². The van der Waals surface area contributed by atoms with E-state index < -0.39 is 0 Å². The average molecular weight is 1850 g/mol. The molecule has 678 valence electrons. The molecule has 0 bridgehead atoms. The van der Waals surface area contributed by atoms with E-state index in [-0.39, 0.29) is 5.41 Å². The standard InChI is InChI=1S/C49H31N3.C46H32N2.C43H28N2/c1-4-12-36(13-5-1)51(37-14-6-2-7-15-37)39-22-27-46-44(31-39)43-30-33(21-26-45(43)52(46)38-16-8-3-9-17-38)40-23-20-32-18-19-34-29-35-11-10-28-50-49(35)42-25-24-41(40)47(32)48(34)42;1-46(2)41-27-30(36-20-17-29-15-16-31-26-32-10-9-25-47-45(32)40-24-23-39(36)43(29)44(31)40)18-21-37(41)38-22-19-35(28-42(38)46)48(33-11-5-3-6-12-33)34-13-7-4-8-14-34;1-3-9-35(10-4-1)45(36-11-5-2-6-12-36)37-22-19-30(20-23-37)29-13-15-31(16-14-29)38-24-21-32-17-18-33-28-34-8-7-27-44-43(34)40-26-25-39(38)41(32)42(33)40/h1-31H;3-28H,1-2H3;1-28H. The summed E-state index contributed by atoms with van der Waals surface area (Å²) in [4.78, 5) is 21.3. The number of para-hydroxylation sites is 7. The third-order valence-electron chi connectivity index (χ3n) is 30.4. The Balaban J connectivity index is 0.000000106. The zero-order valence-corrected chi connectivity index (χ0v) is 79.7. The lowest BCUT2D eigenvalue weighted by molar-refractivity contribution is 0.660. The van der Waals surface area contributed by atoms with Crippen LogP contribution < -0.4 is 14.7 Å². The van der Waals surface area contributed by atoms with Crippen LogP contribution >= 0.6 is 0 Å². The fourth-order valence-corrected chi connectivity index (χ4v) is 23.7. The number of fused-ring (bicyclic) bond motifs is 12. The molecule has 0 aliphatic heterocycles. The Morgan fingerprint density at radius 2 is 0.455 bits per heavy atom. The molecular weight excluding hydrogens is 1760 g/mol. The fourth-order valence-electron chi connectivity index (χ4n) is 23.7. The SMILES string of the molecule is CC1(C)c2cc(-c3ccc4ccc5cc6cccnc6c6ccc3c4c56)ccc2-c2ccc(N(c3ccccc3)c3ccccc3)cc21.c1ccc(N(c2ccccc2)c2ccc(-c3ccc(-c4ccc5ccc6cc7cccnc7c7ccc4c5c67)cc3)cc2)cc1.c1ccc(N(c2ccccc2)c2ccc3c(c2)c2cc(-c4ccc5ccc6cc7cccnc7c7ccc4c5c67)ccc2n3-c2ccccc2)cc1. The predicted octanol–water partition coefficient (Wildman–Crippen LogP) is 37.9. The van der Waals surface area contributed by atoms with Crippen molar-refractivity contribution in [2.24, 2.45) is 0 Å². The van der Waals surface area contributed by atoms with E-state index in [1.807, 2.05) is 36.8 Å². The molecule has 0 amide bonds. The first-order valence-corrected chi connectivity index (χ1v) is 49.9. The summed E-state index contributed by atoms with van der Waals surface area (Å²) in [6.45, 7) is 4.76. The topological polar surface area (TPSA) is 53.3 Å². The highest BCUT2D eigenvalue weighted by Gasteiger charge is 2.37. The monoisotopic (exact) mass is 1850 g/mol. The highest BCUT2D eigenvalue weighted by atomic mass is 15.2. The quantitative estimate of drug-likeness (QED) is 0.0799. The van der Waals surface area contributed by atoms with E-state index >= 15 is 0 Å². The lowest BCUT2D eigenvalue weighted by Gasteiger charge is -2.28. The number of pyridine rings is 3. The number of rotatable bonds is 14. The molecule has 7 heteroatoms. The van der Waals surface area contributed by atoms with Crippen LogP contribution in [0.4, 0.5) is 51.2 Å². The molecule has 0 fully saturated rings. The summed E-state index contributed by atoms with van der Waals surface area (Å²) in [5, 5.41) is 28.8. The van der Waals surface area contributed by atoms with Crippen LogP contribution in [0.2, 0.25) is 0 Å². The number of hydrogen-bond donors (Lipinski definition) is 0. The van der Waals surface area contributed by atoms with Gasteiger partial charge in [0.1, 0.15) is 0 Å². The highest BCUT2D eigenvalue weighted by molar-refractivity contribution is 6.33. The summed E-state index contributed by atoms with van der Waals surface area (Å²) in [5.74, 6) is 0. The van der Waals surface area contributed by atoms with Crippen molar-refractivity contribution in [2.75, 3.05) is 14.7 Å². The van der Waals surface area contributed by atoms with Crippen molar-refractivity contribution < 1.29 is 0 Å². The highest BCUT2D eigenvalue weighted by Crippen LogP contribution is 2.55. The third-order valence-corrected chi connectivity index (χ3v) is 30.4. The second-order valence-corrected chi connectivity index (χ2v) is 38.8. The molecule has 0 radical (unpaired) electrons. The predicted molar refractivity (Wildman–Crippen MR) is 614 cm³/mol. The van der Waals surface area contributed by atoms with E-state index in [1.165, 1.54) is 207 Å². The van der Waals surface area contributed by atoms with Gasteiger partial charge < -0.3 is 19.3 Å². The van der Waals surface area contributed by atoms with Gasteiger partial charge >= 0.3 is 0 Å². The van der Waals surface area contributed by atoms with Gasteiger partial charge in [0.05, 0.1) is 27.6 Å². The molecule has 0 unspecified atom stereocenters. The van der Waals surface area contributed by atoms with Crippen LogP contribution in [-0.2, 0) is 5.41 Å². The van der Waals surface area contributed by atoms with Crippen LogP contribution in [0.25, 0.3) is 213 Å². The number of nitrogens with zero attached hydrogens (tertiary/aromatic N) is 7. The molecule has 0 atom stereocenters. The summed E-state index contributed by atoms with van der Waals surface area (Å²) >= 11 is 0. The van der Waals surface area contributed by atoms with E-state index in [0.29, 0.717) is 0 Å². The molecular formula is C138H91N7. The summed E-state index contributed by atoms with van der Waals surface area (Å²) in [6.07, 6.45) is 5.69. The third kappa shape index (κ3) is 14.1. The van der Waals surface area contributed by atoms with Crippen molar-refractivity contribution in [1.82, 2.24) is 19.5 Å². The van der Waals surface area contributed by atoms with Crippen LogP contribution in [-0.4, -0.2) is 19.5 Å². The Morgan fingerprint density at radius 1 is 0.179 bits per heavy atom. The molecule has 0 spiro atoms. The summed E-state index contributed by atoms with van der Waals surface area (Å²) in [7, 11) is 0. The first kappa shape index (κ1) is 84.1. The van der Waals surface area contributed by atoms with E-state index in [4.69, 9.17) is 15.0 Å². The van der Waals surface area contributed by atoms with Gasteiger partial charge in [0.2, 0.25) is 0 Å². The Morgan fingerprint density at radius 3 is 0.876 bits per heavy atom. The Labute approximate surface area is 838 Å². The van der Waals surface area contributed by atoms with Crippen molar-refractivity contribution in [1.29, 1.82) is 0 Å². The van der Waals surface area contributed by atoms with E-state index in [9.17, 15) is 0 Å². The van der Waals surface area contributed by atoms with Gasteiger partial charge in [0.25, 0.3) is 0 Å². The molecule has 4 heterocycles. The van der Waals surface area contributed by atoms with Gasteiger partial charge in [-0.05, 0) is 330 Å². The molecule has 0 saturated carbocycles. The molecule has 4 aromatic heterocycles. The summed E-state index contributed by atoms with van der Waals surface area (Å²) in [5.41, 5.74) is 32.0. The molecule has 25 aromatic carbocycles. The van der Waals surface area contributed by atoms with E-state index in [1.54, 1.807) is 0 Å². The van der Waals surface area contributed by atoms with Crippen molar-refractivity contribution in [3.05, 3.63) is 527 Å². The van der Waals surface area contributed by atoms with Gasteiger partial charge in [-0.25, -0.2) is 0 Å². The Kier molecular flexibility index (Phi) is 19.9. The van der Waals surface area contributed by atoms with Gasteiger partial charge in [-0.2, -0.15) is 0 Å². The first-order valence-electron chi connectivity index (χ1n) is 49.9. The smallest absolute Gasteiger partial charge is 0.0780 e. The van der Waals surface area contributed by atoms with Crippen molar-refractivity contribution >= 4 is 203 Å². The molecule has 29 aromatic rings. The van der Waals surface area contributed by atoms with Crippen molar-refractivity contribution in [2.45, 2.75) is 19.3 Å². The van der Waals surface area contributed by atoms with Crippen LogP contribution in [0.1, 0.15) is 25.0 Å². The summed E-state index contributed by atoms with van der Waals surface area (Å²) < 4.78 is 2.40. The molecule has 0 saturated heterocycles. The van der Waals surface area contributed by atoms with Gasteiger partial charge in [-0.1, -0.05) is 329 Å². The van der Waals surface area contributed by atoms with E-state index in [0.717, 1.165) is 67.7 Å². The number of anilines is 9. The molecule has 7 nitrogen and oxygen atoms in total. The number of hydrogen-bond acceptors (Lipinski definition) is 6. The second-order valence-electron chi connectivity index (χ2n) is 38.8. The molecule has 145 heavy (non-hydrogen) atoms. The molecule has 0 N–H and O–H groups in total. The van der Waals surface area contributed by atoms with Gasteiger partial charge in [0, 0.05) is 124 Å². The second kappa shape index (κ2) is 34.2. The van der Waals surface area contributed by atoms with Gasteiger partial charge in [0.15, 0.2) is 0 Å². The van der Waals surface area contributed by atoms with Gasteiger partial charge in [-0.15, -0.1) is 0 Å². The maximum atomic E-state index is 4.81. The number of benzene rings is 25. The van der Waals surface area contributed by atoms with E-state index in [2.05, 4.69) is 512 Å². The van der Waals surface area contributed by atoms with Crippen LogP contribution in [0.15, 0.2) is 516 Å². The minimum atomic E-state index is -0.163. The van der Waals surface area contributed by atoms with Crippen LogP contribution in [0.5, 0.6) is 0 Å². The average Bonchev–Trinajstić information content (AvgIpc) is 1.20. The Bertz CT molecular complexity index is 9960. The minimum Gasteiger partial charge on any atom is -0.311 e. The lowest BCUT2D eigenvalue weighted by Crippen LogP contribution is -2.16.